The topological polar surface area (TPSA) is 98.2 Å². The van der Waals surface area contributed by atoms with E-state index in [1.54, 1.807) is 18.2 Å². The molecule has 2 aromatic rings. The summed E-state index contributed by atoms with van der Waals surface area (Å²) >= 11 is 1.46. The van der Waals surface area contributed by atoms with Gasteiger partial charge < -0.3 is 16.8 Å². The Hall–Kier alpha value is -2.60. The second kappa shape index (κ2) is 7.11. The van der Waals surface area contributed by atoms with Crippen molar-refractivity contribution in [2.24, 2.45) is 11.7 Å². The van der Waals surface area contributed by atoms with Crippen molar-refractivity contribution in [1.29, 1.82) is 0 Å². The zero-order valence-corrected chi connectivity index (χ0v) is 14.9. The van der Waals surface area contributed by atoms with Crippen LogP contribution in [0.4, 0.5) is 10.7 Å². The smallest absolute Gasteiger partial charge is 0.251 e. The molecule has 5 nitrogen and oxygen atoms in total. The fraction of sp³-hybridized carbons (Fsp3) is 0.263. The van der Waals surface area contributed by atoms with Gasteiger partial charge in [0.15, 0.2) is 0 Å². The van der Waals surface area contributed by atoms with Gasteiger partial charge in [0.2, 0.25) is 5.91 Å². The van der Waals surface area contributed by atoms with Crippen LogP contribution in [0.2, 0.25) is 0 Å². The minimum atomic E-state index is -0.482. The average molecular weight is 355 g/mol. The lowest BCUT2D eigenvalue weighted by atomic mass is 9.88. The van der Waals surface area contributed by atoms with Crippen LogP contribution < -0.4 is 16.8 Å². The first-order chi connectivity index (χ1) is 11.9. The van der Waals surface area contributed by atoms with Crippen molar-refractivity contribution in [2.45, 2.75) is 26.2 Å². The van der Waals surface area contributed by atoms with Gasteiger partial charge in [0.05, 0.1) is 5.56 Å². The van der Waals surface area contributed by atoms with Gasteiger partial charge in [0, 0.05) is 16.6 Å². The molecule has 6 heteroatoms. The highest BCUT2D eigenvalue weighted by Gasteiger charge is 2.26. The molecule has 1 unspecified atom stereocenters. The minimum Gasteiger partial charge on any atom is -0.399 e. The molecule has 5 N–H and O–H groups in total. The van der Waals surface area contributed by atoms with E-state index in [1.807, 2.05) is 12.1 Å². The molecule has 1 aliphatic carbocycles. The SMILES string of the molecule is CC1CCc2c(sc(NC(=O)/C=C/c3ccc(N)cc3)c2C(N)=O)C1. The average Bonchev–Trinajstić information content (AvgIpc) is 2.91. The molecule has 1 aromatic carbocycles. The van der Waals surface area contributed by atoms with Crippen molar-refractivity contribution in [3.63, 3.8) is 0 Å². The third-order valence-corrected chi connectivity index (χ3v) is 5.53. The van der Waals surface area contributed by atoms with Gasteiger partial charge in [-0.15, -0.1) is 11.3 Å². The molecule has 3 rings (SSSR count). The van der Waals surface area contributed by atoms with E-state index in [4.69, 9.17) is 11.5 Å². The van der Waals surface area contributed by atoms with Crippen LogP contribution >= 0.6 is 11.3 Å². The van der Waals surface area contributed by atoms with Crippen molar-refractivity contribution in [3.8, 4) is 0 Å². The monoisotopic (exact) mass is 355 g/mol. The Morgan fingerprint density at radius 1 is 1.28 bits per heavy atom. The first-order valence-corrected chi connectivity index (χ1v) is 9.04. The molecule has 2 amide bonds. The van der Waals surface area contributed by atoms with Crippen LogP contribution in [0.1, 0.15) is 39.7 Å². The Balaban J connectivity index is 1.79. The summed E-state index contributed by atoms with van der Waals surface area (Å²) in [5, 5.41) is 3.37. The number of anilines is 2. The fourth-order valence-electron chi connectivity index (χ4n) is 3.03. The van der Waals surface area contributed by atoms with E-state index in [1.165, 1.54) is 17.4 Å². The molecule has 25 heavy (non-hydrogen) atoms. The number of carbonyl (C=O) groups is 2. The van der Waals surface area contributed by atoms with Crippen LogP contribution in [0.25, 0.3) is 6.08 Å². The van der Waals surface area contributed by atoms with E-state index in [9.17, 15) is 9.59 Å². The Morgan fingerprint density at radius 2 is 2.00 bits per heavy atom. The van der Waals surface area contributed by atoms with Crippen molar-refractivity contribution in [1.82, 2.24) is 0 Å². The number of nitrogens with two attached hydrogens (primary N) is 2. The third kappa shape index (κ3) is 3.91. The minimum absolute atomic E-state index is 0.286. The predicted octanol–water partition coefficient (Wildman–Crippen LogP) is 3.21. The van der Waals surface area contributed by atoms with Crippen LogP contribution in [0.3, 0.4) is 0 Å². The number of amides is 2. The van der Waals surface area contributed by atoms with Crippen LogP contribution in [0.15, 0.2) is 30.3 Å². The molecule has 0 fully saturated rings. The van der Waals surface area contributed by atoms with Crippen molar-refractivity contribution in [2.75, 3.05) is 11.1 Å². The fourth-order valence-corrected chi connectivity index (χ4v) is 4.45. The van der Waals surface area contributed by atoms with E-state index in [0.717, 1.165) is 35.3 Å². The maximum Gasteiger partial charge on any atom is 0.251 e. The van der Waals surface area contributed by atoms with Crippen LogP contribution in [-0.4, -0.2) is 11.8 Å². The summed E-state index contributed by atoms with van der Waals surface area (Å²) in [6.07, 6.45) is 5.94. The molecule has 0 spiro atoms. The normalized spacial score (nSPS) is 16.6. The lowest BCUT2D eigenvalue weighted by molar-refractivity contribution is -0.111. The zero-order chi connectivity index (χ0) is 18.0. The van der Waals surface area contributed by atoms with Gasteiger partial charge in [-0.1, -0.05) is 19.1 Å². The summed E-state index contributed by atoms with van der Waals surface area (Å²) in [6.45, 7) is 2.19. The second-order valence-corrected chi connectivity index (χ2v) is 7.51. The summed E-state index contributed by atoms with van der Waals surface area (Å²) in [4.78, 5) is 25.3. The molecular weight excluding hydrogens is 334 g/mol. The number of benzene rings is 1. The van der Waals surface area contributed by atoms with Gasteiger partial charge in [-0.25, -0.2) is 0 Å². The molecule has 0 bridgehead atoms. The third-order valence-electron chi connectivity index (χ3n) is 4.36. The highest BCUT2D eigenvalue weighted by molar-refractivity contribution is 7.17. The number of carbonyl (C=O) groups excluding carboxylic acids is 2. The molecule has 0 aliphatic heterocycles. The number of thiophene rings is 1. The highest BCUT2D eigenvalue weighted by Crippen LogP contribution is 2.39. The van der Waals surface area contributed by atoms with Crippen molar-refractivity contribution in [3.05, 3.63) is 51.9 Å². The van der Waals surface area contributed by atoms with Crippen molar-refractivity contribution >= 4 is 39.9 Å². The van der Waals surface area contributed by atoms with E-state index in [-0.39, 0.29) is 5.91 Å². The molecule has 0 saturated heterocycles. The van der Waals surface area contributed by atoms with Gasteiger partial charge in [-0.2, -0.15) is 0 Å². The summed E-state index contributed by atoms with van der Waals surface area (Å²) in [6, 6.07) is 7.22. The van der Waals surface area contributed by atoms with E-state index >= 15 is 0 Å². The summed E-state index contributed by atoms with van der Waals surface area (Å²) in [7, 11) is 0. The lowest BCUT2D eigenvalue weighted by Crippen LogP contribution is -2.18. The molecule has 0 saturated carbocycles. The Kier molecular flexibility index (Phi) is 4.90. The van der Waals surface area contributed by atoms with Crippen LogP contribution in [0.5, 0.6) is 0 Å². The molecule has 1 atom stereocenters. The summed E-state index contributed by atoms with van der Waals surface area (Å²) in [5.74, 6) is -0.184. The van der Waals surface area contributed by atoms with Crippen molar-refractivity contribution < 1.29 is 9.59 Å². The molecule has 1 aliphatic rings. The quantitative estimate of drug-likeness (QED) is 0.580. The summed E-state index contributed by atoms with van der Waals surface area (Å²) in [5.41, 5.74) is 14.2. The summed E-state index contributed by atoms with van der Waals surface area (Å²) < 4.78 is 0. The first-order valence-electron chi connectivity index (χ1n) is 8.23. The van der Waals surface area contributed by atoms with Gasteiger partial charge in [-0.05, 0) is 54.5 Å². The molecular formula is C19H21N3O2S. The van der Waals surface area contributed by atoms with E-state index in [2.05, 4.69) is 12.2 Å². The highest BCUT2D eigenvalue weighted by atomic mass is 32.1. The van der Waals surface area contributed by atoms with Crippen LogP contribution in [0, 0.1) is 5.92 Å². The number of primary amides is 1. The number of nitrogens with one attached hydrogen (secondary N) is 1. The van der Waals surface area contributed by atoms with E-state index in [0.29, 0.717) is 22.2 Å². The standard InChI is InChI=1S/C19H21N3O2S/c1-11-2-8-14-15(10-11)25-19(17(14)18(21)24)22-16(23)9-5-12-3-6-13(20)7-4-12/h3-7,9,11H,2,8,10,20H2,1H3,(H2,21,24)(H,22,23)/b9-5+. The van der Waals surface area contributed by atoms with Gasteiger partial charge in [-0.3, -0.25) is 9.59 Å². The molecule has 1 heterocycles. The van der Waals surface area contributed by atoms with Crippen LogP contribution in [-0.2, 0) is 17.6 Å². The molecule has 0 radical (unpaired) electrons. The van der Waals surface area contributed by atoms with Gasteiger partial charge in [0.1, 0.15) is 5.00 Å². The van der Waals surface area contributed by atoms with Gasteiger partial charge in [0.25, 0.3) is 5.91 Å². The lowest BCUT2D eigenvalue weighted by Gasteiger charge is -2.18. The first kappa shape index (κ1) is 17.2. The number of rotatable bonds is 4. The Labute approximate surface area is 150 Å². The van der Waals surface area contributed by atoms with E-state index < -0.39 is 5.91 Å². The number of fused-ring (bicyclic) bond motifs is 1. The molecule has 130 valence electrons. The van der Waals surface area contributed by atoms with Gasteiger partial charge >= 0.3 is 0 Å². The maximum absolute atomic E-state index is 12.2. The number of hydrogen-bond donors (Lipinski definition) is 3. The Bertz CT molecular complexity index is 837. The molecule has 1 aromatic heterocycles. The number of nitrogen functional groups attached to an aromatic ring is 1. The number of hydrogen-bond acceptors (Lipinski definition) is 4. The maximum atomic E-state index is 12.2. The zero-order valence-electron chi connectivity index (χ0n) is 14.0. The predicted molar refractivity (Wildman–Crippen MR) is 103 cm³/mol. The largest absolute Gasteiger partial charge is 0.399 e. The Morgan fingerprint density at radius 3 is 2.68 bits per heavy atom. The second-order valence-electron chi connectivity index (χ2n) is 6.41.